The van der Waals surface area contributed by atoms with Gasteiger partial charge in [0, 0.05) is 0 Å². The van der Waals surface area contributed by atoms with Crippen molar-refractivity contribution in [2.24, 2.45) is 5.73 Å². The van der Waals surface area contributed by atoms with E-state index in [1.807, 2.05) is 0 Å². The number of nitrogens with two attached hydrogens (primary N) is 1. The van der Waals surface area contributed by atoms with Crippen LogP contribution in [0.1, 0.15) is 0 Å². The molecule has 4 nitrogen and oxygen atoms in total. The third-order valence-corrected chi connectivity index (χ3v) is 0.175. The summed E-state index contributed by atoms with van der Waals surface area (Å²) in [6.07, 6.45) is 0. The Morgan fingerprint density at radius 1 is 1.75 bits per heavy atom. The van der Waals surface area contributed by atoms with Crippen LogP contribution in [-0.4, -0.2) is 17.6 Å². The van der Waals surface area contributed by atoms with E-state index >= 15 is 0 Å². The average molecular weight is 150 g/mol. The van der Waals surface area contributed by atoms with Gasteiger partial charge in [-0.05, 0) is 0 Å². The second-order valence-electron chi connectivity index (χ2n) is 0.598. The zero-order chi connectivity index (χ0) is 6.28. The quantitative estimate of drug-likeness (QED) is 0.368. The molecular formula is C2H5ClNNaO3. The molecule has 0 spiro atoms. The number of hydrogen-bond donors (Lipinski definition) is 2. The van der Waals surface area contributed by atoms with Crippen molar-refractivity contribution in [1.82, 2.24) is 0 Å². The maximum Gasteiger partial charge on any atom is 1.00 e. The van der Waals surface area contributed by atoms with Crippen LogP contribution in [0.5, 0.6) is 0 Å². The summed E-state index contributed by atoms with van der Waals surface area (Å²) in [6.45, 7) is -0.278. The second kappa shape index (κ2) is 15.6. The Kier molecular flexibility index (Phi) is 31.0. The molecule has 0 aromatic rings. The Morgan fingerprint density at radius 3 is 1.88 bits per heavy atom. The minimum absolute atomic E-state index is 0. The average Bonchev–Trinajstić information content (AvgIpc) is 1.73. The van der Waals surface area contributed by atoms with Gasteiger partial charge in [-0.1, -0.05) is 0 Å². The van der Waals surface area contributed by atoms with Crippen LogP contribution in [0.2, 0.25) is 0 Å². The SMILES string of the molecule is NCC(=O)O.[Na+].[O-]Cl. The smallest absolute Gasteiger partial charge is 0.769 e. The van der Waals surface area contributed by atoms with Crippen molar-refractivity contribution in [1.29, 1.82) is 0 Å². The molecule has 3 N–H and O–H groups in total. The van der Waals surface area contributed by atoms with E-state index in [4.69, 9.17) is 9.77 Å². The first kappa shape index (κ1) is 15.9. The molecule has 0 atom stereocenters. The fraction of sp³-hybridized carbons (Fsp3) is 0.500. The van der Waals surface area contributed by atoms with Crippen LogP contribution >= 0.6 is 11.9 Å². The van der Waals surface area contributed by atoms with Crippen LogP contribution in [0.25, 0.3) is 0 Å². The van der Waals surface area contributed by atoms with Crippen LogP contribution in [-0.2, 0) is 4.79 Å². The number of carboxylic acid groups (broad SMARTS) is 1. The topological polar surface area (TPSA) is 86.4 Å². The minimum atomic E-state index is -0.968. The van der Waals surface area contributed by atoms with E-state index in [9.17, 15) is 4.79 Å². The van der Waals surface area contributed by atoms with Crippen molar-refractivity contribution >= 4 is 17.8 Å². The Bertz CT molecular complexity index is 52.5. The summed E-state index contributed by atoms with van der Waals surface area (Å²) in [4.78, 5) is 9.24. The molecule has 44 valence electrons. The molecule has 0 saturated carbocycles. The first-order valence-electron chi connectivity index (χ1n) is 1.34. The van der Waals surface area contributed by atoms with E-state index in [-0.39, 0.29) is 36.1 Å². The predicted octanol–water partition coefficient (Wildman–Crippen LogP) is -4.47. The fourth-order valence-electron chi connectivity index (χ4n) is 0. The van der Waals surface area contributed by atoms with Crippen LogP contribution in [0.4, 0.5) is 0 Å². The van der Waals surface area contributed by atoms with Gasteiger partial charge in [0.2, 0.25) is 0 Å². The molecule has 0 aromatic carbocycles. The first-order chi connectivity index (χ1) is 3.27. The molecule has 0 bridgehead atoms. The molecule has 0 rings (SSSR count). The largest absolute Gasteiger partial charge is 1.00 e. The van der Waals surface area contributed by atoms with Crippen LogP contribution < -0.4 is 39.9 Å². The normalized spacial score (nSPS) is 5.38. The van der Waals surface area contributed by atoms with Crippen molar-refractivity contribution in [2.75, 3.05) is 6.54 Å². The fourth-order valence-corrected chi connectivity index (χ4v) is 0. The maximum atomic E-state index is 9.24. The minimum Gasteiger partial charge on any atom is -0.769 e. The maximum absolute atomic E-state index is 9.24. The van der Waals surface area contributed by atoms with Crippen molar-refractivity contribution in [3.05, 3.63) is 0 Å². The van der Waals surface area contributed by atoms with Gasteiger partial charge in [0.05, 0.1) is 6.54 Å². The summed E-state index contributed by atoms with van der Waals surface area (Å²) >= 11 is 3.39. The van der Waals surface area contributed by atoms with Crippen molar-refractivity contribution < 1.29 is 44.1 Å². The molecule has 0 amide bonds. The third-order valence-electron chi connectivity index (χ3n) is 0.175. The van der Waals surface area contributed by atoms with Gasteiger partial charge in [0.15, 0.2) is 0 Å². The van der Waals surface area contributed by atoms with Gasteiger partial charge in [-0.3, -0.25) is 4.79 Å². The molecule has 0 aliphatic heterocycles. The van der Waals surface area contributed by atoms with Crippen molar-refractivity contribution in [3.63, 3.8) is 0 Å². The monoisotopic (exact) mass is 149 g/mol. The zero-order valence-corrected chi connectivity index (χ0v) is 7.18. The Hall–Kier alpha value is 0.680. The first-order valence-corrected chi connectivity index (χ1v) is 1.65. The molecule has 0 fully saturated rings. The van der Waals surface area contributed by atoms with Gasteiger partial charge in [-0.25, -0.2) is 11.9 Å². The summed E-state index contributed by atoms with van der Waals surface area (Å²) in [6, 6.07) is 0. The number of hydrogen-bond acceptors (Lipinski definition) is 3. The molecule has 0 heterocycles. The number of rotatable bonds is 1. The van der Waals surface area contributed by atoms with Crippen LogP contribution in [0.3, 0.4) is 0 Å². The molecule has 0 radical (unpaired) electrons. The number of aliphatic carboxylic acids is 1. The van der Waals surface area contributed by atoms with Gasteiger partial charge in [-0.15, -0.1) is 0 Å². The van der Waals surface area contributed by atoms with Gasteiger partial charge in [0.1, 0.15) is 0 Å². The van der Waals surface area contributed by atoms with E-state index < -0.39 is 5.97 Å². The van der Waals surface area contributed by atoms with Gasteiger partial charge in [0.25, 0.3) is 0 Å². The summed E-state index contributed by atoms with van der Waals surface area (Å²) in [7, 11) is 0. The molecule has 0 saturated heterocycles. The standard InChI is InChI=1S/C2H5NO2.ClO.Na/c3-1-2(4)5;1-2;/h1,3H2,(H,4,5);;/q;-1;+1. The number of halogens is 1. The van der Waals surface area contributed by atoms with Gasteiger partial charge in [-0.2, -0.15) is 0 Å². The summed E-state index contributed by atoms with van der Waals surface area (Å²) in [5.41, 5.74) is 4.57. The van der Waals surface area contributed by atoms with Gasteiger partial charge < -0.3 is 15.5 Å². The summed E-state index contributed by atoms with van der Waals surface area (Å²) in [5, 5.41) is 7.60. The molecule has 0 aliphatic rings. The summed E-state index contributed by atoms with van der Waals surface area (Å²) in [5.74, 6) is -0.968. The molecule has 6 heteroatoms. The molecule has 8 heavy (non-hydrogen) atoms. The van der Waals surface area contributed by atoms with Crippen LogP contribution in [0, 0.1) is 0 Å². The molecule has 0 unspecified atom stereocenters. The van der Waals surface area contributed by atoms with E-state index in [1.54, 1.807) is 0 Å². The third kappa shape index (κ3) is 30.0. The van der Waals surface area contributed by atoms with E-state index in [0.29, 0.717) is 0 Å². The number of carbonyl (C=O) groups is 1. The zero-order valence-electron chi connectivity index (χ0n) is 4.43. The van der Waals surface area contributed by atoms with Gasteiger partial charge >= 0.3 is 35.5 Å². The Balaban J connectivity index is -0.0000000750. The Labute approximate surface area is 74.1 Å². The van der Waals surface area contributed by atoms with Crippen LogP contribution in [0.15, 0.2) is 0 Å². The second-order valence-corrected chi connectivity index (χ2v) is 0.598. The number of carboxylic acids is 1. The molecule has 0 aromatic heterocycles. The predicted molar refractivity (Wildman–Crippen MR) is 22.5 cm³/mol. The van der Waals surface area contributed by atoms with E-state index in [1.165, 1.54) is 0 Å². The van der Waals surface area contributed by atoms with Crippen molar-refractivity contribution in [2.45, 2.75) is 0 Å². The Morgan fingerprint density at radius 2 is 1.88 bits per heavy atom. The summed E-state index contributed by atoms with van der Waals surface area (Å²) < 4.78 is 7.72. The van der Waals surface area contributed by atoms with E-state index in [0.717, 1.165) is 0 Å². The molecular weight excluding hydrogens is 144 g/mol. The van der Waals surface area contributed by atoms with Crippen molar-refractivity contribution in [3.8, 4) is 0 Å². The van der Waals surface area contributed by atoms with E-state index in [2.05, 4.69) is 17.6 Å². The molecule has 0 aliphatic carbocycles.